The van der Waals surface area contributed by atoms with Crippen LogP contribution in [0.1, 0.15) is 57.7 Å². The molecular formula is C28H34F3N3O4. The molecule has 0 bridgehead atoms. The fraction of sp³-hybridized carbons (Fsp3) is 0.464. The lowest BCUT2D eigenvalue weighted by molar-refractivity contribution is -0.138. The summed E-state index contributed by atoms with van der Waals surface area (Å²) in [6, 6.07) is 9.79. The van der Waals surface area contributed by atoms with Gasteiger partial charge in [0.2, 0.25) is 11.8 Å². The van der Waals surface area contributed by atoms with Gasteiger partial charge in [-0.3, -0.25) is 9.59 Å². The van der Waals surface area contributed by atoms with Crippen LogP contribution in [-0.2, 0) is 33.3 Å². The van der Waals surface area contributed by atoms with Crippen molar-refractivity contribution >= 4 is 23.6 Å². The van der Waals surface area contributed by atoms with Gasteiger partial charge in [-0.1, -0.05) is 36.4 Å². The number of fused-ring (bicyclic) bond motifs is 1. The lowest BCUT2D eigenvalue weighted by Crippen LogP contribution is -2.56. The molecule has 206 valence electrons. The second-order valence-corrected chi connectivity index (χ2v) is 10.6. The minimum absolute atomic E-state index is 0.167. The number of hydrogen-bond donors (Lipinski definition) is 2. The minimum Gasteiger partial charge on any atom is -0.444 e. The molecule has 2 N–H and O–H groups in total. The quantitative estimate of drug-likeness (QED) is 0.546. The fourth-order valence-corrected chi connectivity index (χ4v) is 4.46. The number of ether oxygens (including phenoxy) is 1. The molecule has 0 saturated carbocycles. The molecule has 2 atom stereocenters. The molecule has 2 aromatic rings. The Hall–Kier alpha value is -3.56. The number of alkyl carbamates (subject to hydrolysis) is 1. The van der Waals surface area contributed by atoms with E-state index in [0.29, 0.717) is 12.8 Å². The van der Waals surface area contributed by atoms with Crippen molar-refractivity contribution in [2.75, 3.05) is 4.90 Å². The molecule has 0 fully saturated rings. The standard InChI is InChI=1S/C28H34F3N3O4/c1-17(2)34-23-13-9-7-10-18(23)14-15-21(25(34)36)32-24(35)22(33-26(37)38-27(3,4)5)16-19-11-6-8-12-20(19)28(29,30)31/h6-13,17,21-22H,14-16H2,1-5H3,(H,32,35)(H,33,37)/t21-,22-/m1/s1. The zero-order chi connectivity index (χ0) is 28.3. The molecular weight excluding hydrogens is 499 g/mol. The Bertz CT molecular complexity index is 1170. The molecule has 2 aromatic carbocycles. The number of rotatable bonds is 6. The van der Waals surface area contributed by atoms with Gasteiger partial charge in [-0.15, -0.1) is 0 Å². The lowest BCUT2D eigenvalue weighted by atomic mass is 9.98. The fourth-order valence-electron chi connectivity index (χ4n) is 4.46. The molecule has 3 rings (SSSR count). The maximum Gasteiger partial charge on any atom is 0.416 e. The molecule has 1 aliphatic rings. The molecule has 38 heavy (non-hydrogen) atoms. The van der Waals surface area contributed by atoms with E-state index in [4.69, 9.17) is 4.74 Å². The highest BCUT2D eigenvalue weighted by molar-refractivity contribution is 6.01. The van der Waals surface area contributed by atoms with E-state index >= 15 is 0 Å². The molecule has 0 radical (unpaired) electrons. The monoisotopic (exact) mass is 533 g/mol. The van der Waals surface area contributed by atoms with E-state index in [1.165, 1.54) is 18.2 Å². The van der Waals surface area contributed by atoms with Crippen molar-refractivity contribution < 1.29 is 32.3 Å². The largest absolute Gasteiger partial charge is 0.444 e. The Morgan fingerprint density at radius 2 is 1.68 bits per heavy atom. The van der Waals surface area contributed by atoms with E-state index in [1.807, 2.05) is 38.1 Å². The molecule has 0 aromatic heterocycles. The van der Waals surface area contributed by atoms with Gasteiger partial charge in [-0.2, -0.15) is 13.2 Å². The van der Waals surface area contributed by atoms with Crippen molar-refractivity contribution in [2.45, 2.75) is 83.8 Å². The highest BCUT2D eigenvalue weighted by Crippen LogP contribution is 2.33. The summed E-state index contributed by atoms with van der Waals surface area (Å²) in [4.78, 5) is 41.1. The van der Waals surface area contributed by atoms with Crippen molar-refractivity contribution in [3.05, 3.63) is 65.2 Å². The van der Waals surface area contributed by atoms with Crippen LogP contribution >= 0.6 is 0 Å². The molecule has 1 heterocycles. The maximum absolute atomic E-state index is 13.6. The van der Waals surface area contributed by atoms with Gasteiger partial charge in [0.25, 0.3) is 0 Å². The number of para-hydroxylation sites is 1. The van der Waals surface area contributed by atoms with Crippen LogP contribution in [0.4, 0.5) is 23.7 Å². The molecule has 10 heteroatoms. The highest BCUT2D eigenvalue weighted by Gasteiger charge is 2.37. The zero-order valence-electron chi connectivity index (χ0n) is 22.2. The van der Waals surface area contributed by atoms with Crippen molar-refractivity contribution in [3.8, 4) is 0 Å². The number of anilines is 1. The second kappa shape index (κ2) is 11.4. The topological polar surface area (TPSA) is 87.7 Å². The number of amides is 3. The van der Waals surface area contributed by atoms with Gasteiger partial charge in [0.1, 0.15) is 17.7 Å². The van der Waals surface area contributed by atoms with Crippen LogP contribution in [0, 0.1) is 0 Å². The first-order valence-electron chi connectivity index (χ1n) is 12.5. The number of nitrogens with zero attached hydrogens (tertiary/aromatic N) is 1. The van der Waals surface area contributed by atoms with Crippen LogP contribution in [0.15, 0.2) is 48.5 Å². The number of hydrogen-bond acceptors (Lipinski definition) is 4. The van der Waals surface area contributed by atoms with Crippen LogP contribution in [0.25, 0.3) is 0 Å². The molecule has 0 aliphatic carbocycles. The van der Waals surface area contributed by atoms with Gasteiger partial charge in [-0.05, 0) is 70.7 Å². The molecule has 1 aliphatic heterocycles. The Balaban J connectivity index is 1.89. The summed E-state index contributed by atoms with van der Waals surface area (Å²) in [6.45, 7) is 8.61. The first kappa shape index (κ1) is 29.0. The molecule has 7 nitrogen and oxygen atoms in total. The second-order valence-electron chi connectivity index (χ2n) is 10.6. The van der Waals surface area contributed by atoms with Crippen molar-refractivity contribution in [1.82, 2.24) is 10.6 Å². The summed E-state index contributed by atoms with van der Waals surface area (Å²) in [5.41, 5.74) is -0.258. The van der Waals surface area contributed by atoms with E-state index in [1.54, 1.807) is 25.7 Å². The zero-order valence-corrected chi connectivity index (χ0v) is 22.2. The molecule has 0 spiro atoms. The van der Waals surface area contributed by atoms with Gasteiger partial charge >= 0.3 is 12.3 Å². The van der Waals surface area contributed by atoms with E-state index < -0.39 is 47.8 Å². The molecule has 0 unspecified atom stereocenters. The van der Waals surface area contributed by atoms with Gasteiger partial charge in [-0.25, -0.2) is 4.79 Å². The van der Waals surface area contributed by atoms with E-state index in [-0.39, 0.29) is 17.5 Å². The third kappa shape index (κ3) is 7.26. The smallest absolute Gasteiger partial charge is 0.416 e. The van der Waals surface area contributed by atoms with Crippen molar-refractivity contribution in [1.29, 1.82) is 0 Å². The van der Waals surface area contributed by atoms with E-state index in [0.717, 1.165) is 17.3 Å². The van der Waals surface area contributed by atoms with Crippen LogP contribution in [-0.4, -0.2) is 41.6 Å². The Morgan fingerprint density at radius 1 is 1.05 bits per heavy atom. The Morgan fingerprint density at radius 3 is 2.32 bits per heavy atom. The number of alkyl halides is 3. The number of benzene rings is 2. The summed E-state index contributed by atoms with van der Waals surface area (Å²) in [5, 5.41) is 5.10. The predicted molar refractivity (Wildman–Crippen MR) is 138 cm³/mol. The lowest BCUT2D eigenvalue weighted by Gasteiger charge is -2.30. The van der Waals surface area contributed by atoms with Gasteiger partial charge in [0, 0.05) is 18.2 Å². The first-order chi connectivity index (χ1) is 17.7. The van der Waals surface area contributed by atoms with Crippen LogP contribution < -0.4 is 15.5 Å². The number of halogens is 3. The average Bonchev–Trinajstić information content (AvgIpc) is 2.93. The number of aryl methyl sites for hydroxylation is 1. The van der Waals surface area contributed by atoms with Crippen molar-refractivity contribution in [2.24, 2.45) is 0 Å². The average molecular weight is 534 g/mol. The van der Waals surface area contributed by atoms with Crippen LogP contribution in [0.3, 0.4) is 0 Å². The van der Waals surface area contributed by atoms with E-state index in [9.17, 15) is 27.6 Å². The number of carbonyl (C=O) groups excluding carboxylic acids is 3. The van der Waals surface area contributed by atoms with Gasteiger partial charge in [0.15, 0.2) is 0 Å². The number of nitrogens with one attached hydrogen (secondary N) is 2. The highest BCUT2D eigenvalue weighted by atomic mass is 19.4. The van der Waals surface area contributed by atoms with Crippen LogP contribution in [0.2, 0.25) is 0 Å². The molecule has 0 saturated heterocycles. The van der Waals surface area contributed by atoms with E-state index in [2.05, 4.69) is 10.6 Å². The summed E-state index contributed by atoms with van der Waals surface area (Å²) in [7, 11) is 0. The first-order valence-corrected chi connectivity index (χ1v) is 12.5. The maximum atomic E-state index is 13.6. The SMILES string of the molecule is CC(C)N1C(=O)[C@H](NC(=O)[C@@H](Cc2ccccc2C(F)(F)F)NC(=O)OC(C)(C)C)CCc2ccccc21. The predicted octanol–water partition coefficient (Wildman–Crippen LogP) is 5.01. The normalized spacial score (nSPS) is 16.9. The number of carbonyl (C=O) groups is 3. The van der Waals surface area contributed by atoms with Gasteiger partial charge in [0.05, 0.1) is 5.56 Å². The third-order valence-electron chi connectivity index (χ3n) is 6.08. The van der Waals surface area contributed by atoms with Gasteiger partial charge < -0.3 is 20.3 Å². The summed E-state index contributed by atoms with van der Waals surface area (Å²) >= 11 is 0. The molecule has 3 amide bonds. The summed E-state index contributed by atoms with van der Waals surface area (Å²) < 4.78 is 46.2. The van der Waals surface area contributed by atoms with Crippen LogP contribution in [0.5, 0.6) is 0 Å². The summed E-state index contributed by atoms with van der Waals surface area (Å²) in [5.74, 6) is -1.11. The third-order valence-corrected chi connectivity index (χ3v) is 6.08. The minimum atomic E-state index is -4.65. The Labute approximate surface area is 220 Å². The van der Waals surface area contributed by atoms with Crippen molar-refractivity contribution in [3.63, 3.8) is 0 Å². The Kier molecular flexibility index (Phi) is 8.74. The summed E-state index contributed by atoms with van der Waals surface area (Å²) in [6.07, 6.45) is -5.24.